The summed E-state index contributed by atoms with van der Waals surface area (Å²) in [6, 6.07) is 1.53. The first-order chi connectivity index (χ1) is 7.54. The number of pyridine rings is 1. The van der Waals surface area contributed by atoms with Gasteiger partial charge < -0.3 is 5.32 Å². The number of nitro groups is 1. The molecule has 1 rings (SSSR count). The Labute approximate surface area is 98.8 Å². The molecule has 5 nitrogen and oxygen atoms in total. The summed E-state index contributed by atoms with van der Waals surface area (Å²) < 4.78 is 0. The van der Waals surface area contributed by atoms with Gasteiger partial charge >= 0.3 is 5.69 Å². The van der Waals surface area contributed by atoms with Crippen LogP contribution in [-0.4, -0.2) is 28.0 Å². The molecule has 1 N–H and O–H groups in total. The number of nitrogens with zero attached hydrogens (tertiary/aromatic N) is 2. The molecule has 6 heteroatoms. The molecule has 1 heterocycles. The lowest BCUT2D eigenvalue weighted by molar-refractivity contribution is -0.384. The maximum absolute atomic E-state index is 10.8. The van der Waals surface area contributed by atoms with Gasteiger partial charge in [0.15, 0.2) is 0 Å². The Morgan fingerprint density at radius 3 is 2.94 bits per heavy atom. The summed E-state index contributed by atoms with van der Waals surface area (Å²) in [4.78, 5) is 14.4. The molecule has 0 bridgehead atoms. The van der Waals surface area contributed by atoms with E-state index >= 15 is 0 Å². The van der Waals surface area contributed by atoms with Crippen LogP contribution in [0.2, 0.25) is 0 Å². The van der Waals surface area contributed by atoms with Crippen LogP contribution in [0.3, 0.4) is 0 Å². The van der Waals surface area contributed by atoms with E-state index in [0.717, 1.165) is 5.56 Å². The quantitative estimate of drug-likeness (QED) is 0.633. The SMILES string of the molecule is CSC(C)CNc1ncc(C)cc1[N+](=O)[O-]. The van der Waals surface area contributed by atoms with E-state index < -0.39 is 4.92 Å². The van der Waals surface area contributed by atoms with Gasteiger partial charge in [-0.25, -0.2) is 4.98 Å². The van der Waals surface area contributed by atoms with E-state index in [2.05, 4.69) is 17.2 Å². The minimum Gasteiger partial charge on any atom is -0.363 e. The molecule has 1 atom stereocenters. The second-order valence-corrected chi connectivity index (χ2v) is 4.84. The van der Waals surface area contributed by atoms with Crippen LogP contribution in [0.4, 0.5) is 11.5 Å². The third-order valence-corrected chi connectivity index (χ3v) is 3.13. The van der Waals surface area contributed by atoms with Crippen molar-refractivity contribution in [1.29, 1.82) is 0 Å². The second-order valence-electron chi connectivity index (χ2n) is 3.56. The number of hydrogen-bond acceptors (Lipinski definition) is 5. The maximum Gasteiger partial charge on any atom is 0.311 e. The van der Waals surface area contributed by atoms with E-state index in [9.17, 15) is 10.1 Å². The molecule has 1 aromatic heterocycles. The van der Waals surface area contributed by atoms with Gasteiger partial charge in [0, 0.05) is 24.1 Å². The first-order valence-corrected chi connectivity index (χ1v) is 6.21. The highest BCUT2D eigenvalue weighted by atomic mass is 32.2. The van der Waals surface area contributed by atoms with E-state index in [1.54, 1.807) is 24.9 Å². The van der Waals surface area contributed by atoms with E-state index in [1.807, 2.05) is 6.26 Å². The van der Waals surface area contributed by atoms with Crippen LogP contribution in [0, 0.1) is 17.0 Å². The van der Waals surface area contributed by atoms with Crippen LogP contribution >= 0.6 is 11.8 Å². The molecule has 1 unspecified atom stereocenters. The van der Waals surface area contributed by atoms with Gasteiger partial charge in [0.25, 0.3) is 0 Å². The van der Waals surface area contributed by atoms with Crippen LogP contribution in [0.1, 0.15) is 12.5 Å². The highest BCUT2D eigenvalue weighted by Gasteiger charge is 2.15. The Morgan fingerprint density at radius 2 is 2.38 bits per heavy atom. The van der Waals surface area contributed by atoms with Crippen molar-refractivity contribution in [2.75, 3.05) is 18.1 Å². The fourth-order valence-corrected chi connectivity index (χ4v) is 1.40. The normalized spacial score (nSPS) is 12.2. The van der Waals surface area contributed by atoms with Crippen molar-refractivity contribution in [2.24, 2.45) is 0 Å². The van der Waals surface area contributed by atoms with Gasteiger partial charge in [-0.2, -0.15) is 11.8 Å². The first kappa shape index (κ1) is 12.8. The number of aromatic nitrogens is 1. The smallest absolute Gasteiger partial charge is 0.311 e. The largest absolute Gasteiger partial charge is 0.363 e. The highest BCUT2D eigenvalue weighted by molar-refractivity contribution is 7.99. The van der Waals surface area contributed by atoms with E-state index in [1.165, 1.54) is 6.07 Å². The molecular formula is C10H15N3O2S. The zero-order valence-electron chi connectivity index (χ0n) is 9.56. The van der Waals surface area contributed by atoms with Gasteiger partial charge in [-0.05, 0) is 18.7 Å². The van der Waals surface area contributed by atoms with Gasteiger partial charge in [0.2, 0.25) is 5.82 Å². The molecule has 0 spiro atoms. The topological polar surface area (TPSA) is 68.1 Å². The minimum atomic E-state index is -0.411. The van der Waals surface area contributed by atoms with Gasteiger partial charge in [-0.3, -0.25) is 10.1 Å². The van der Waals surface area contributed by atoms with Crippen LogP contribution < -0.4 is 5.32 Å². The van der Waals surface area contributed by atoms with Crippen molar-refractivity contribution in [3.05, 3.63) is 27.9 Å². The number of rotatable bonds is 5. The van der Waals surface area contributed by atoms with Gasteiger partial charge in [-0.15, -0.1) is 0 Å². The highest BCUT2D eigenvalue weighted by Crippen LogP contribution is 2.22. The first-order valence-electron chi connectivity index (χ1n) is 4.92. The summed E-state index contributed by atoms with van der Waals surface area (Å²) in [6.45, 7) is 4.50. The Hall–Kier alpha value is -1.30. The molecule has 0 aliphatic heterocycles. The van der Waals surface area contributed by atoms with Crippen LogP contribution in [0.25, 0.3) is 0 Å². The van der Waals surface area contributed by atoms with E-state index in [-0.39, 0.29) is 5.69 Å². The number of nitrogens with one attached hydrogen (secondary N) is 1. The number of aryl methyl sites for hydroxylation is 1. The molecule has 16 heavy (non-hydrogen) atoms. The van der Waals surface area contributed by atoms with E-state index in [4.69, 9.17) is 0 Å². The standard InChI is InChI=1S/C10H15N3O2S/c1-7-4-9(13(14)15)10(11-5-7)12-6-8(2)16-3/h4-5,8H,6H2,1-3H3,(H,11,12). The molecule has 0 saturated heterocycles. The summed E-state index contributed by atoms with van der Waals surface area (Å²) in [5.41, 5.74) is 0.823. The lowest BCUT2D eigenvalue weighted by Gasteiger charge is -2.10. The molecule has 0 saturated carbocycles. The van der Waals surface area contributed by atoms with Gasteiger partial charge in [0.05, 0.1) is 4.92 Å². The molecule has 0 aliphatic rings. The maximum atomic E-state index is 10.8. The number of thioether (sulfide) groups is 1. The molecule has 88 valence electrons. The van der Waals surface area contributed by atoms with E-state index in [0.29, 0.717) is 17.6 Å². The summed E-state index contributed by atoms with van der Waals surface area (Å²) >= 11 is 1.70. The van der Waals surface area contributed by atoms with Gasteiger partial charge in [0.1, 0.15) is 0 Å². The third kappa shape index (κ3) is 3.37. The number of anilines is 1. The van der Waals surface area contributed by atoms with Crippen molar-refractivity contribution in [3.63, 3.8) is 0 Å². The molecule has 0 amide bonds. The lowest BCUT2D eigenvalue weighted by atomic mass is 10.3. The summed E-state index contributed by atoms with van der Waals surface area (Å²) in [5.74, 6) is 0.344. The van der Waals surface area contributed by atoms with Crippen molar-refractivity contribution < 1.29 is 4.92 Å². The monoisotopic (exact) mass is 241 g/mol. The number of hydrogen-bond donors (Lipinski definition) is 1. The minimum absolute atomic E-state index is 0.0355. The zero-order valence-corrected chi connectivity index (χ0v) is 10.4. The Kier molecular flexibility index (Phi) is 4.54. The predicted molar refractivity (Wildman–Crippen MR) is 67.1 cm³/mol. The average molecular weight is 241 g/mol. The van der Waals surface area contributed by atoms with Crippen molar-refractivity contribution in [1.82, 2.24) is 4.98 Å². The molecular weight excluding hydrogens is 226 g/mol. The van der Waals surface area contributed by atoms with Crippen molar-refractivity contribution in [3.8, 4) is 0 Å². The van der Waals surface area contributed by atoms with Crippen molar-refractivity contribution >= 4 is 23.3 Å². The lowest BCUT2D eigenvalue weighted by Crippen LogP contribution is -2.14. The Bertz CT molecular complexity index is 384. The predicted octanol–water partition coefficient (Wildman–Crippen LogP) is 2.46. The third-order valence-electron chi connectivity index (χ3n) is 2.16. The molecule has 0 radical (unpaired) electrons. The van der Waals surface area contributed by atoms with Crippen molar-refractivity contribution in [2.45, 2.75) is 19.1 Å². The molecule has 0 fully saturated rings. The van der Waals surface area contributed by atoms with Gasteiger partial charge in [-0.1, -0.05) is 6.92 Å². The fourth-order valence-electron chi connectivity index (χ4n) is 1.15. The molecule has 1 aromatic rings. The fraction of sp³-hybridized carbons (Fsp3) is 0.500. The summed E-state index contributed by atoms with van der Waals surface area (Å²) in [5, 5.41) is 14.2. The Balaban J connectivity index is 2.82. The van der Waals surface area contributed by atoms with Crippen LogP contribution in [-0.2, 0) is 0 Å². The Morgan fingerprint density at radius 1 is 1.69 bits per heavy atom. The molecule has 0 aromatic carbocycles. The average Bonchev–Trinajstić information content (AvgIpc) is 2.26. The van der Waals surface area contributed by atoms with Crippen LogP contribution in [0.5, 0.6) is 0 Å². The summed E-state index contributed by atoms with van der Waals surface area (Å²) in [7, 11) is 0. The van der Waals surface area contributed by atoms with Crippen LogP contribution in [0.15, 0.2) is 12.3 Å². The zero-order chi connectivity index (χ0) is 12.1. The second kappa shape index (κ2) is 5.69. The summed E-state index contributed by atoms with van der Waals surface area (Å²) in [6.07, 6.45) is 3.63. The molecule has 0 aliphatic carbocycles.